The fourth-order valence-corrected chi connectivity index (χ4v) is 3.12. The Morgan fingerprint density at radius 1 is 1.13 bits per heavy atom. The van der Waals surface area contributed by atoms with E-state index in [1.165, 1.54) is 6.42 Å². The molecule has 1 amide bonds. The molecule has 2 saturated heterocycles. The van der Waals surface area contributed by atoms with E-state index >= 15 is 0 Å². The fourth-order valence-electron chi connectivity index (χ4n) is 3.12. The molecular weight excluding hydrogens is 290 g/mol. The van der Waals surface area contributed by atoms with Crippen LogP contribution in [0.2, 0.25) is 0 Å². The highest BCUT2D eigenvalue weighted by Gasteiger charge is 2.26. The highest BCUT2D eigenvalue weighted by molar-refractivity contribution is 6.01. The molecule has 2 aromatic rings. The minimum absolute atomic E-state index is 0.0853. The molecule has 120 valence electrons. The number of fused-ring (bicyclic) bond motifs is 1. The average Bonchev–Trinajstić information content (AvgIpc) is 3.43. The van der Waals surface area contributed by atoms with Gasteiger partial charge in [0.25, 0.3) is 5.91 Å². The zero-order valence-electron chi connectivity index (χ0n) is 13.2. The molecule has 2 fully saturated rings. The van der Waals surface area contributed by atoms with Crippen molar-refractivity contribution in [1.29, 1.82) is 0 Å². The maximum Gasteiger partial charge on any atom is 0.257 e. The van der Waals surface area contributed by atoms with Crippen LogP contribution in [0.3, 0.4) is 0 Å². The van der Waals surface area contributed by atoms with E-state index in [2.05, 4.69) is 0 Å². The number of piperidine rings is 1. The number of hydrogen-bond acceptors (Lipinski definition) is 3. The van der Waals surface area contributed by atoms with Gasteiger partial charge >= 0.3 is 0 Å². The standard InChI is InChI=1S/C19H21NO3/c21-19(20-8-4-1-5-9-20)17-10-14-6-2-3-7-15(14)11-18(17)23-13-16-12-22-16/h2-3,6-7,10-11,16H,1,4-5,8-9,12-13H2/t16-/m1/s1. The van der Waals surface area contributed by atoms with Crippen LogP contribution in [0.25, 0.3) is 10.8 Å². The molecule has 0 spiro atoms. The number of hydrogen-bond donors (Lipinski definition) is 0. The SMILES string of the molecule is O=C(c1cc2ccccc2cc1OC[C@H]1CO1)N1CCCCC1. The summed E-state index contributed by atoms with van der Waals surface area (Å²) in [6, 6.07) is 12.0. The third kappa shape index (κ3) is 3.17. The van der Waals surface area contributed by atoms with Crippen molar-refractivity contribution < 1.29 is 14.3 Å². The maximum absolute atomic E-state index is 12.9. The number of amides is 1. The zero-order valence-corrected chi connectivity index (χ0v) is 13.2. The van der Waals surface area contributed by atoms with Gasteiger partial charge in [-0.2, -0.15) is 0 Å². The second-order valence-electron chi connectivity index (χ2n) is 6.31. The molecule has 4 rings (SSSR count). The normalized spacial score (nSPS) is 20.5. The molecule has 0 aliphatic carbocycles. The number of likely N-dealkylation sites (tertiary alicyclic amines) is 1. The van der Waals surface area contributed by atoms with Crippen LogP contribution in [0.15, 0.2) is 36.4 Å². The Morgan fingerprint density at radius 2 is 1.83 bits per heavy atom. The summed E-state index contributed by atoms with van der Waals surface area (Å²) < 4.78 is 11.1. The second kappa shape index (κ2) is 6.20. The van der Waals surface area contributed by atoms with Crippen LogP contribution in [0.1, 0.15) is 29.6 Å². The second-order valence-corrected chi connectivity index (χ2v) is 6.31. The van der Waals surface area contributed by atoms with Gasteiger partial charge in [-0.15, -0.1) is 0 Å². The van der Waals surface area contributed by atoms with Crippen molar-refractivity contribution in [3.63, 3.8) is 0 Å². The highest BCUT2D eigenvalue weighted by Crippen LogP contribution is 2.29. The number of nitrogens with zero attached hydrogens (tertiary/aromatic N) is 1. The van der Waals surface area contributed by atoms with E-state index in [-0.39, 0.29) is 12.0 Å². The minimum atomic E-state index is 0.0853. The summed E-state index contributed by atoms with van der Waals surface area (Å²) in [6.45, 7) is 2.95. The number of rotatable bonds is 4. The van der Waals surface area contributed by atoms with Crippen molar-refractivity contribution in [2.24, 2.45) is 0 Å². The van der Waals surface area contributed by atoms with E-state index in [0.29, 0.717) is 17.9 Å². The van der Waals surface area contributed by atoms with Crippen LogP contribution in [0, 0.1) is 0 Å². The number of carbonyl (C=O) groups excluding carboxylic acids is 1. The van der Waals surface area contributed by atoms with Crippen LogP contribution in [0.5, 0.6) is 5.75 Å². The van der Waals surface area contributed by atoms with Crippen LogP contribution < -0.4 is 4.74 Å². The molecule has 2 aliphatic heterocycles. The van der Waals surface area contributed by atoms with Crippen LogP contribution >= 0.6 is 0 Å². The van der Waals surface area contributed by atoms with Crippen molar-refractivity contribution in [3.8, 4) is 5.75 Å². The number of ether oxygens (including phenoxy) is 2. The summed E-state index contributed by atoms with van der Waals surface area (Å²) in [6.07, 6.45) is 3.57. The summed E-state index contributed by atoms with van der Waals surface area (Å²) in [5, 5.41) is 2.16. The summed E-state index contributed by atoms with van der Waals surface area (Å²) in [7, 11) is 0. The molecule has 1 atom stereocenters. The first kappa shape index (κ1) is 14.5. The summed E-state index contributed by atoms with van der Waals surface area (Å²) in [5.74, 6) is 0.761. The van der Waals surface area contributed by atoms with Crippen LogP contribution in [0.4, 0.5) is 0 Å². The predicted molar refractivity (Wildman–Crippen MR) is 88.9 cm³/mol. The lowest BCUT2D eigenvalue weighted by Gasteiger charge is -2.27. The van der Waals surface area contributed by atoms with Gasteiger partial charge in [-0.1, -0.05) is 24.3 Å². The summed E-state index contributed by atoms with van der Waals surface area (Å²) in [5.41, 5.74) is 0.672. The van der Waals surface area contributed by atoms with Crippen molar-refractivity contribution in [1.82, 2.24) is 4.90 Å². The monoisotopic (exact) mass is 311 g/mol. The van der Waals surface area contributed by atoms with Gasteiger partial charge in [-0.05, 0) is 42.2 Å². The van der Waals surface area contributed by atoms with Gasteiger partial charge in [0.15, 0.2) is 0 Å². The van der Waals surface area contributed by atoms with Gasteiger partial charge in [0.1, 0.15) is 18.5 Å². The molecule has 0 saturated carbocycles. The van der Waals surface area contributed by atoms with E-state index in [1.54, 1.807) is 0 Å². The van der Waals surface area contributed by atoms with E-state index < -0.39 is 0 Å². The van der Waals surface area contributed by atoms with Crippen LogP contribution in [-0.4, -0.2) is 43.2 Å². The molecule has 0 unspecified atom stereocenters. The number of epoxide rings is 1. The molecule has 2 aromatic carbocycles. The van der Waals surface area contributed by atoms with Gasteiger partial charge in [0, 0.05) is 13.1 Å². The third-order valence-electron chi connectivity index (χ3n) is 4.55. The van der Waals surface area contributed by atoms with Crippen molar-refractivity contribution in [2.45, 2.75) is 25.4 Å². The molecule has 23 heavy (non-hydrogen) atoms. The van der Waals surface area contributed by atoms with Crippen molar-refractivity contribution in [3.05, 3.63) is 42.0 Å². The molecule has 2 aliphatic rings. The Hall–Kier alpha value is -2.07. The molecule has 0 N–H and O–H groups in total. The lowest BCUT2D eigenvalue weighted by Crippen LogP contribution is -2.35. The first-order valence-corrected chi connectivity index (χ1v) is 8.38. The quantitative estimate of drug-likeness (QED) is 0.814. The maximum atomic E-state index is 12.9. The van der Waals surface area contributed by atoms with E-state index in [4.69, 9.17) is 9.47 Å². The van der Waals surface area contributed by atoms with Crippen molar-refractivity contribution >= 4 is 16.7 Å². The summed E-state index contributed by atoms with van der Waals surface area (Å²) in [4.78, 5) is 14.9. The molecule has 0 bridgehead atoms. The molecule has 4 heteroatoms. The average molecular weight is 311 g/mol. The zero-order chi connectivity index (χ0) is 15.6. The Labute approximate surface area is 136 Å². The minimum Gasteiger partial charge on any atom is -0.490 e. The van der Waals surface area contributed by atoms with Gasteiger partial charge in [0.05, 0.1) is 12.2 Å². The Balaban J connectivity index is 1.68. The number of carbonyl (C=O) groups is 1. The Bertz CT molecular complexity index is 718. The molecule has 4 nitrogen and oxygen atoms in total. The Kier molecular flexibility index (Phi) is 3.92. The van der Waals surface area contributed by atoms with Gasteiger partial charge in [-0.25, -0.2) is 0 Å². The fraction of sp³-hybridized carbons (Fsp3) is 0.421. The first-order chi connectivity index (χ1) is 11.3. The van der Waals surface area contributed by atoms with Crippen LogP contribution in [-0.2, 0) is 4.74 Å². The lowest BCUT2D eigenvalue weighted by atomic mass is 10.0. The topological polar surface area (TPSA) is 42.1 Å². The predicted octanol–water partition coefficient (Wildman–Crippen LogP) is 3.24. The Morgan fingerprint density at radius 3 is 2.52 bits per heavy atom. The third-order valence-corrected chi connectivity index (χ3v) is 4.55. The molecule has 2 heterocycles. The van der Waals surface area contributed by atoms with E-state index in [9.17, 15) is 4.79 Å². The van der Waals surface area contributed by atoms with E-state index in [1.807, 2.05) is 41.3 Å². The largest absolute Gasteiger partial charge is 0.490 e. The smallest absolute Gasteiger partial charge is 0.257 e. The highest BCUT2D eigenvalue weighted by atomic mass is 16.6. The van der Waals surface area contributed by atoms with Gasteiger partial charge < -0.3 is 14.4 Å². The van der Waals surface area contributed by atoms with E-state index in [0.717, 1.165) is 43.3 Å². The molecule has 0 aromatic heterocycles. The molecule has 0 radical (unpaired) electrons. The van der Waals surface area contributed by atoms with Crippen molar-refractivity contribution in [2.75, 3.05) is 26.3 Å². The van der Waals surface area contributed by atoms with Gasteiger partial charge in [-0.3, -0.25) is 4.79 Å². The summed E-state index contributed by atoms with van der Waals surface area (Å²) >= 11 is 0. The number of benzene rings is 2. The molecular formula is C19H21NO3. The van der Waals surface area contributed by atoms with Gasteiger partial charge in [0.2, 0.25) is 0 Å². The first-order valence-electron chi connectivity index (χ1n) is 8.38. The lowest BCUT2D eigenvalue weighted by molar-refractivity contribution is 0.0719.